The van der Waals surface area contributed by atoms with Crippen LogP contribution in [0.5, 0.6) is 0 Å². The Bertz CT molecular complexity index is 467. The third-order valence-electron chi connectivity index (χ3n) is 5.21. The van der Waals surface area contributed by atoms with Crippen molar-refractivity contribution in [3.8, 4) is 0 Å². The van der Waals surface area contributed by atoms with Gasteiger partial charge in [-0.25, -0.2) is 0 Å². The Balaban J connectivity index is 1.83. The summed E-state index contributed by atoms with van der Waals surface area (Å²) in [5, 5.41) is 3.69. The molecule has 4 atom stereocenters. The Hall–Kier alpha value is -1.10. The van der Waals surface area contributed by atoms with Crippen LogP contribution in [0, 0.1) is 5.92 Å². The fourth-order valence-electron chi connectivity index (χ4n) is 4.20. The number of ether oxygens (including phenoxy) is 3. The van der Waals surface area contributed by atoms with E-state index in [-0.39, 0.29) is 17.7 Å². The summed E-state index contributed by atoms with van der Waals surface area (Å²) in [5.74, 6) is 0.416. The van der Waals surface area contributed by atoms with E-state index in [0.717, 1.165) is 44.6 Å². The van der Waals surface area contributed by atoms with Crippen molar-refractivity contribution in [2.24, 2.45) is 5.92 Å². The lowest BCUT2D eigenvalue weighted by molar-refractivity contribution is -0.210. The van der Waals surface area contributed by atoms with Gasteiger partial charge in [-0.2, -0.15) is 0 Å². The summed E-state index contributed by atoms with van der Waals surface area (Å²) in [4.78, 5) is 0. The van der Waals surface area contributed by atoms with E-state index in [4.69, 9.17) is 14.2 Å². The molecule has 1 saturated carbocycles. The molecular weight excluding hydrogens is 278 g/mol. The zero-order valence-corrected chi connectivity index (χ0v) is 13.6. The van der Waals surface area contributed by atoms with E-state index < -0.39 is 0 Å². The molecule has 0 radical (unpaired) electrons. The number of fused-ring (bicyclic) bond motifs is 1. The molecule has 4 nitrogen and oxygen atoms in total. The van der Waals surface area contributed by atoms with Crippen molar-refractivity contribution >= 4 is 5.69 Å². The summed E-state index contributed by atoms with van der Waals surface area (Å²) in [7, 11) is 3.60. The van der Waals surface area contributed by atoms with Crippen LogP contribution in [0.2, 0.25) is 0 Å². The Kier molecular flexibility index (Phi) is 5.01. The van der Waals surface area contributed by atoms with E-state index in [1.54, 1.807) is 7.11 Å². The Morgan fingerprint density at radius 2 is 2.05 bits per heavy atom. The zero-order valence-electron chi connectivity index (χ0n) is 13.6. The second-order valence-electron chi connectivity index (χ2n) is 6.41. The molecule has 0 amide bonds. The van der Waals surface area contributed by atoms with Gasteiger partial charge in [0.15, 0.2) is 0 Å². The lowest BCUT2D eigenvalue weighted by Crippen LogP contribution is -2.65. The lowest BCUT2D eigenvalue weighted by atomic mass is 9.69. The molecule has 2 fully saturated rings. The Morgan fingerprint density at radius 1 is 1.23 bits per heavy atom. The van der Waals surface area contributed by atoms with Gasteiger partial charge in [-0.15, -0.1) is 0 Å². The van der Waals surface area contributed by atoms with Crippen LogP contribution >= 0.6 is 0 Å². The van der Waals surface area contributed by atoms with E-state index >= 15 is 0 Å². The van der Waals surface area contributed by atoms with Crippen LogP contribution in [-0.2, 0) is 14.2 Å². The summed E-state index contributed by atoms with van der Waals surface area (Å²) < 4.78 is 17.7. The first-order chi connectivity index (χ1) is 10.8. The molecule has 122 valence electrons. The van der Waals surface area contributed by atoms with Crippen molar-refractivity contribution in [2.45, 2.75) is 43.4 Å². The van der Waals surface area contributed by atoms with Crippen molar-refractivity contribution in [1.82, 2.24) is 0 Å². The quantitative estimate of drug-likeness (QED) is 0.907. The van der Waals surface area contributed by atoms with Gasteiger partial charge < -0.3 is 19.5 Å². The molecule has 4 heteroatoms. The van der Waals surface area contributed by atoms with Gasteiger partial charge in [-0.1, -0.05) is 18.2 Å². The third-order valence-corrected chi connectivity index (χ3v) is 5.21. The Morgan fingerprint density at radius 3 is 2.77 bits per heavy atom. The van der Waals surface area contributed by atoms with Crippen LogP contribution in [-0.4, -0.2) is 45.2 Å². The maximum absolute atomic E-state index is 6.16. The van der Waals surface area contributed by atoms with Crippen LogP contribution in [0.4, 0.5) is 5.69 Å². The summed E-state index contributed by atoms with van der Waals surface area (Å²) in [6.45, 7) is 1.57. The van der Waals surface area contributed by atoms with Crippen molar-refractivity contribution in [1.29, 1.82) is 0 Å². The predicted octanol–water partition coefficient (Wildman–Crippen LogP) is 3.09. The zero-order chi connectivity index (χ0) is 15.4. The van der Waals surface area contributed by atoms with Crippen molar-refractivity contribution in [2.75, 3.05) is 32.8 Å². The Labute approximate surface area is 133 Å². The van der Waals surface area contributed by atoms with Crippen LogP contribution < -0.4 is 5.32 Å². The maximum atomic E-state index is 6.16. The van der Waals surface area contributed by atoms with Gasteiger partial charge >= 0.3 is 0 Å². The van der Waals surface area contributed by atoms with Crippen molar-refractivity contribution in [3.63, 3.8) is 0 Å². The van der Waals surface area contributed by atoms with Gasteiger partial charge in [0, 0.05) is 32.4 Å². The highest BCUT2D eigenvalue weighted by molar-refractivity contribution is 5.44. The molecule has 1 aromatic rings. The molecule has 1 heterocycles. The smallest absolute Gasteiger partial charge is 0.114 e. The molecule has 3 rings (SSSR count). The van der Waals surface area contributed by atoms with Crippen LogP contribution in [0.25, 0.3) is 0 Å². The molecule has 1 N–H and O–H groups in total. The summed E-state index contributed by atoms with van der Waals surface area (Å²) in [5.41, 5.74) is 0.897. The van der Waals surface area contributed by atoms with Crippen molar-refractivity contribution < 1.29 is 14.2 Å². The molecule has 0 bridgehead atoms. The fourth-order valence-corrected chi connectivity index (χ4v) is 4.20. The second-order valence-corrected chi connectivity index (χ2v) is 6.41. The normalized spacial score (nSPS) is 34.9. The van der Waals surface area contributed by atoms with E-state index in [1.807, 2.05) is 13.2 Å². The van der Waals surface area contributed by atoms with Crippen molar-refractivity contribution in [3.05, 3.63) is 30.3 Å². The molecule has 0 spiro atoms. The maximum Gasteiger partial charge on any atom is 0.114 e. The first kappa shape index (κ1) is 15.8. The lowest BCUT2D eigenvalue weighted by Gasteiger charge is -2.54. The number of methoxy groups -OCH3 is 2. The SMILES string of the molecule is COCC1CCC(Nc2ccccc2)[C@@]2(OC)CCCOC12. The highest BCUT2D eigenvalue weighted by atomic mass is 16.6. The minimum atomic E-state index is -0.254. The molecule has 3 unspecified atom stereocenters. The molecule has 1 aliphatic carbocycles. The summed E-state index contributed by atoms with van der Waals surface area (Å²) >= 11 is 0. The second kappa shape index (κ2) is 6.99. The highest BCUT2D eigenvalue weighted by Crippen LogP contribution is 2.44. The average Bonchev–Trinajstić information content (AvgIpc) is 2.58. The largest absolute Gasteiger partial charge is 0.384 e. The van der Waals surface area contributed by atoms with Gasteiger partial charge in [-0.05, 0) is 37.8 Å². The first-order valence-corrected chi connectivity index (χ1v) is 8.27. The van der Waals surface area contributed by atoms with Gasteiger partial charge in [0.2, 0.25) is 0 Å². The van der Waals surface area contributed by atoms with Gasteiger partial charge in [0.1, 0.15) is 5.60 Å². The monoisotopic (exact) mass is 305 g/mol. The topological polar surface area (TPSA) is 39.7 Å². The van der Waals surface area contributed by atoms with Gasteiger partial charge in [0.05, 0.1) is 18.8 Å². The third kappa shape index (κ3) is 2.87. The number of benzene rings is 1. The molecule has 0 aromatic heterocycles. The average molecular weight is 305 g/mol. The van der Waals surface area contributed by atoms with E-state index in [0.29, 0.717) is 5.92 Å². The van der Waals surface area contributed by atoms with Crippen LogP contribution in [0.15, 0.2) is 30.3 Å². The number of anilines is 1. The molecule has 1 aromatic carbocycles. The predicted molar refractivity (Wildman–Crippen MR) is 87.2 cm³/mol. The highest BCUT2D eigenvalue weighted by Gasteiger charge is 2.54. The van der Waals surface area contributed by atoms with E-state index in [2.05, 4.69) is 29.6 Å². The van der Waals surface area contributed by atoms with Crippen LogP contribution in [0.3, 0.4) is 0 Å². The van der Waals surface area contributed by atoms with Crippen LogP contribution in [0.1, 0.15) is 25.7 Å². The number of rotatable bonds is 5. The molecule has 1 saturated heterocycles. The number of para-hydroxylation sites is 1. The number of hydrogen-bond acceptors (Lipinski definition) is 4. The minimum Gasteiger partial charge on any atom is -0.384 e. The molecule has 1 aliphatic heterocycles. The standard InChI is InChI=1S/C18H27NO3/c1-20-13-14-9-10-16(19-15-7-4-3-5-8-15)18(21-2)11-6-12-22-17(14)18/h3-5,7-8,14,16-17,19H,6,9-13H2,1-2H3/t14?,16?,17?,18-/m0/s1. The number of hydrogen-bond donors (Lipinski definition) is 1. The summed E-state index contributed by atoms with van der Waals surface area (Å²) in [6, 6.07) is 10.7. The van der Waals surface area contributed by atoms with E-state index in [9.17, 15) is 0 Å². The molecule has 2 aliphatic rings. The molecule has 22 heavy (non-hydrogen) atoms. The fraction of sp³-hybridized carbons (Fsp3) is 0.667. The van der Waals surface area contributed by atoms with Gasteiger partial charge in [0.25, 0.3) is 0 Å². The molecular formula is C18H27NO3. The first-order valence-electron chi connectivity index (χ1n) is 8.27. The van der Waals surface area contributed by atoms with Gasteiger partial charge in [-0.3, -0.25) is 0 Å². The summed E-state index contributed by atoms with van der Waals surface area (Å²) in [6.07, 6.45) is 4.39. The van der Waals surface area contributed by atoms with E-state index in [1.165, 1.54) is 0 Å². The minimum absolute atomic E-state index is 0.112. The number of nitrogens with one attached hydrogen (secondary N) is 1.